The molecule has 55 heavy (non-hydrogen) atoms. The third-order valence-corrected chi connectivity index (χ3v) is 12.0. The van der Waals surface area contributed by atoms with Gasteiger partial charge in [0.1, 0.15) is 36.3 Å². The van der Waals surface area contributed by atoms with E-state index in [-0.39, 0.29) is 47.5 Å². The summed E-state index contributed by atoms with van der Waals surface area (Å²) in [6.45, 7) is 4.50. The fourth-order valence-electron chi connectivity index (χ4n) is 4.78. The highest BCUT2D eigenvalue weighted by atomic mass is 32.2. The summed E-state index contributed by atoms with van der Waals surface area (Å²) in [7, 11) is -16.4. The Bertz CT molecular complexity index is 1800. The third-order valence-electron chi connectivity index (χ3n) is 7.98. The van der Waals surface area contributed by atoms with Crippen LogP contribution >= 0.6 is 35.2 Å². The maximum atomic E-state index is 12.7. The number of aromatic nitrogens is 4. The molecule has 0 aliphatic carbocycles. The number of hydrogen-bond donors (Lipinski definition) is 9. The molecular formula is C27H46N7O17P3S. The van der Waals surface area contributed by atoms with Gasteiger partial charge in [-0.05, 0) is 5.92 Å². The average molecular weight is 866 g/mol. The predicted molar refractivity (Wildman–Crippen MR) is 191 cm³/mol. The average Bonchev–Trinajstić information content (AvgIpc) is 3.64. The van der Waals surface area contributed by atoms with Crippen molar-refractivity contribution in [2.45, 2.75) is 77.6 Å². The highest BCUT2D eigenvalue weighted by molar-refractivity contribution is 8.13. The smallest absolute Gasteiger partial charge is 0.386 e. The van der Waals surface area contributed by atoms with E-state index in [1.54, 1.807) is 0 Å². The first-order valence-electron chi connectivity index (χ1n) is 16.5. The summed E-state index contributed by atoms with van der Waals surface area (Å²) in [5, 5.41) is 26.4. The topological polar surface area (TPSA) is 364 Å². The van der Waals surface area contributed by atoms with Crippen molar-refractivity contribution < 1.29 is 80.5 Å². The lowest BCUT2D eigenvalue weighted by molar-refractivity contribution is -0.137. The summed E-state index contributed by atoms with van der Waals surface area (Å²) in [5.41, 5.74) is 4.27. The van der Waals surface area contributed by atoms with Crippen LogP contribution in [-0.2, 0) is 50.7 Å². The van der Waals surface area contributed by atoms with Gasteiger partial charge in [-0.25, -0.2) is 28.6 Å². The van der Waals surface area contributed by atoms with Crippen LogP contribution in [0.15, 0.2) is 12.7 Å². The number of aliphatic hydroxyl groups is 2. The van der Waals surface area contributed by atoms with E-state index in [4.69, 9.17) is 19.5 Å². The number of nitrogens with zero attached hydrogens (tertiary/aromatic N) is 4. The van der Waals surface area contributed by atoms with Crippen molar-refractivity contribution in [3.63, 3.8) is 0 Å². The number of nitrogen functional groups attached to an aromatic ring is 1. The number of imidazole rings is 1. The molecule has 2 aromatic rings. The summed E-state index contributed by atoms with van der Waals surface area (Å²) < 4.78 is 62.1. The first-order valence-corrected chi connectivity index (χ1v) is 22.0. The number of carbonyl (C=O) groups is 3. The Hall–Kier alpha value is -2.44. The molecule has 1 aliphatic heterocycles. The Balaban J connectivity index is 1.49. The molecule has 0 spiro atoms. The van der Waals surface area contributed by atoms with E-state index in [2.05, 4.69) is 34.4 Å². The lowest BCUT2D eigenvalue weighted by atomic mass is 9.87. The van der Waals surface area contributed by atoms with Crippen molar-refractivity contribution in [1.29, 1.82) is 0 Å². The van der Waals surface area contributed by atoms with E-state index < -0.39 is 84.6 Å². The van der Waals surface area contributed by atoms with Gasteiger partial charge < -0.3 is 50.9 Å². The summed E-state index contributed by atoms with van der Waals surface area (Å²) >= 11 is 1.11. The van der Waals surface area contributed by atoms with Crippen molar-refractivity contribution in [1.82, 2.24) is 30.2 Å². The van der Waals surface area contributed by atoms with Crippen molar-refractivity contribution in [2.24, 2.45) is 11.3 Å². The second-order valence-corrected chi connectivity index (χ2v) is 18.4. The molecule has 28 heteroatoms. The lowest BCUT2D eigenvalue weighted by Crippen LogP contribution is -2.46. The molecule has 1 aliphatic rings. The molecular weight excluding hydrogens is 819 g/mol. The van der Waals surface area contributed by atoms with Gasteiger partial charge in [0.05, 0.1) is 19.5 Å². The summed E-state index contributed by atoms with van der Waals surface area (Å²) in [4.78, 5) is 87.4. The Morgan fingerprint density at radius 2 is 1.75 bits per heavy atom. The number of carbonyl (C=O) groups excluding carboxylic acids is 3. The monoisotopic (exact) mass is 865 g/mol. The number of anilines is 1. The standard InChI is InChI=1S/C27H46N7O17P3S/c1-5-15(2)10-18(36)55-9-8-29-17(35)6-7-30-25(39)22(38)27(3,4)12-48-54(45,46)51-53(43,44)47-11-16-21(50-52(40,41)42)20(37)26(49-16)34-14-33-19-23(28)31-13-32-24(19)34/h13-16,20-22,26,37-38H,5-12H2,1-4H3,(H,29,35)(H,30,39)(H,43,44)(H,45,46)(H2,28,31,32)(H2,40,41,42). The number of nitrogens with one attached hydrogen (secondary N) is 2. The molecule has 3 rings (SSSR count). The van der Waals surface area contributed by atoms with Crippen LogP contribution in [0.3, 0.4) is 0 Å². The molecule has 2 aromatic heterocycles. The molecule has 8 atom stereocenters. The number of hydrogen-bond acceptors (Lipinski definition) is 18. The van der Waals surface area contributed by atoms with Crippen LogP contribution in [0.5, 0.6) is 0 Å². The van der Waals surface area contributed by atoms with Crippen LogP contribution in [0.1, 0.15) is 53.2 Å². The van der Waals surface area contributed by atoms with Crippen LogP contribution in [0.2, 0.25) is 0 Å². The van der Waals surface area contributed by atoms with Crippen molar-refractivity contribution in [3.8, 4) is 0 Å². The maximum Gasteiger partial charge on any atom is 0.481 e. The van der Waals surface area contributed by atoms with Crippen LogP contribution < -0.4 is 16.4 Å². The lowest BCUT2D eigenvalue weighted by Gasteiger charge is -2.30. The maximum absolute atomic E-state index is 12.7. The summed E-state index contributed by atoms with van der Waals surface area (Å²) in [6.07, 6.45) is -5.56. The van der Waals surface area contributed by atoms with E-state index in [1.807, 2.05) is 13.8 Å². The number of fused-ring (bicyclic) bond motifs is 1. The molecule has 312 valence electrons. The van der Waals surface area contributed by atoms with Crippen molar-refractivity contribution in [2.75, 3.05) is 37.8 Å². The zero-order valence-corrected chi connectivity index (χ0v) is 33.6. The number of thioether (sulfide) groups is 1. The number of phosphoric acid groups is 3. The van der Waals surface area contributed by atoms with Gasteiger partial charge in [0, 0.05) is 37.1 Å². The van der Waals surface area contributed by atoms with E-state index in [0.717, 1.165) is 35.4 Å². The fourth-order valence-corrected chi connectivity index (χ4v) is 8.45. The zero-order valence-electron chi connectivity index (χ0n) is 30.1. The molecule has 10 N–H and O–H groups in total. The number of amides is 2. The Morgan fingerprint density at radius 1 is 1.07 bits per heavy atom. The van der Waals surface area contributed by atoms with Gasteiger partial charge in [-0.1, -0.05) is 45.9 Å². The van der Waals surface area contributed by atoms with Gasteiger partial charge in [-0.15, -0.1) is 0 Å². The van der Waals surface area contributed by atoms with E-state index in [9.17, 15) is 57.9 Å². The molecule has 0 radical (unpaired) electrons. The number of aliphatic hydroxyl groups excluding tert-OH is 2. The molecule has 0 aromatic carbocycles. The van der Waals surface area contributed by atoms with Crippen molar-refractivity contribution in [3.05, 3.63) is 12.7 Å². The van der Waals surface area contributed by atoms with Gasteiger partial charge >= 0.3 is 23.5 Å². The molecule has 8 unspecified atom stereocenters. The predicted octanol–water partition coefficient (Wildman–Crippen LogP) is 0.101. The van der Waals surface area contributed by atoms with Gasteiger partial charge in [0.25, 0.3) is 0 Å². The van der Waals surface area contributed by atoms with Crippen LogP contribution in [0.4, 0.5) is 5.82 Å². The molecule has 3 heterocycles. The Kier molecular flexibility index (Phi) is 16.9. The molecule has 0 bridgehead atoms. The second kappa shape index (κ2) is 19.8. The van der Waals surface area contributed by atoms with E-state index >= 15 is 0 Å². The van der Waals surface area contributed by atoms with E-state index in [1.165, 1.54) is 13.8 Å². The molecule has 1 saturated heterocycles. The zero-order chi connectivity index (χ0) is 41.4. The molecule has 2 amide bonds. The number of nitrogens with two attached hydrogens (primary N) is 1. The normalized spacial score (nSPS) is 22.4. The number of ether oxygens (including phenoxy) is 1. The largest absolute Gasteiger partial charge is 0.481 e. The highest BCUT2D eigenvalue weighted by Crippen LogP contribution is 2.61. The van der Waals surface area contributed by atoms with Gasteiger partial charge in [-0.3, -0.25) is 32.5 Å². The fraction of sp³-hybridized carbons (Fsp3) is 0.704. The Morgan fingerprint density at radius 3 is 2.40 bits per heavy atom. The number of phosphoric ester groups is 3. The van der Waals surface area contributed by atoms with Crippen molar-refractivity contribution >= 4 is 69.1 Å². The minimum Gasteiger partial charge on any atom is -0.386 e. The summed E-state index contributed by atoms with van der Waals surface area (Å²) in [5.74, 6) is -0.786. The molecule has 1 fully saturated rings. The number of rotatable bonds is 22. The highest BCUT2D eigenvalue weighted by Gasteiger charge is 2.50. The van der Waals surface area contributed by atoms with Gasteiger partial charge in [0.15, 0.2) is 22.8 Å². The first-order chi connectivity index (χ1) is 25.4. The van der Waals surface area contributed by atoms with Gasteiger partial charge in [0.2, 0.25) is 11.8 Å². The first kappa shape index (κ1) is 46.9. The Labute approximate surface area is 318 Å². The van der Waals surface area contributed by atoms with Gasteiger partial charge in [-0.2, -0.15) is 4.31 Å². The third kappa shape index (κ3) is 14.5. The summed E-state index contributed by atoms with van der Waals surface area (Å²) in [6, 6.07) is 0. The van der Waals surface area contributed by atoms with Crippen LogP contribution in [0, 0.1) is 11.3 Å². The van der Waals surface area contributed by atoms with Crippen LogP contribution in [-0.4, -0.2) is 123 Å². The van der Waals surface area contributed by atoms with E-state index in [0.29, 0.717) is 12.2 Å². The minimum absolute atomic E-state index is 0.0283. The minimum atomic E-state index is -5.56. The molecule has 24 nitrogen and oxygen atoms in total. The van der Waals surface area contributed by atoms with Crippen LogP contribution in [0.25, 0.3) is 11.2 Å². The second-order valence-electron chi connectivity index (χ2n) is 13.0. The quantitative estimate of drug-likeness (QED) is 0.0560. The molecule has 0 saturated carbocycles. The SMILES string of the molecule is CCC(C)CC(=O)SCCNC(=O)CCNC(=O)C(O)C(C)(C)COP(=O)(O)OP(=O)(O)OCC1OC(n2cnc3c(N)ncnc32)C(O)C1OP(=O)(O)O.